The van der Waals surface area contributed by atoms with E-state index in [2.05, 4.69) is 28.9 Å². The Labute approximate surface area is 122 Å². The molecule has 0 aliphatic carbocycles. The van der Waals surface area contributed by atoms with Gasteiger partial charge in [0.15, 0.2) is 0 Å². The topological polar surface area (TPSA) is 45.4 Å². The summed E-state index contributed by atoms with van der Waals surface area (Å²) in [6, 6.07) is 5.04. The summed E-state index contributed by atoms with van der Waals surface area (Å²) < 4.78 is 0. The highest BCUT2D eigenvalue weighted by atomic mass is 15.3. The van der Waals surface area contributed by atoms with Crippen LogP contribution in [0.15, 0.2) is 12.1 Å². The molecule has 0 aromatic carbocycles. The van der Waals surface area contributed by atoms with Crippen molar-refractivity contribution in [3.05, 3.63) is 23.4 Å². The Morgan fingerprint density at radius 3 is 2.75 bits per heavy atom. The molecule has 1 aromatic rings. The number of pyridine rings is 1. The molecule has 20 heavy (non-hydrogen) atoms. The lowest BCUT2D eigenvalue weighted by Crippen LogP contribution is -2.35. The van der Waals surface area contributed by atoms with E-state index in [-0.39, 0.29) is 0 Å². The first-order valence-corrected chi connectivity index (χ1v) is 7.99. The minimum absolute atomic E-state index is 0.603. The van der Waals surface area contributed by atoms with Crippen LogP contribution in [0.4, 0.5) is 5.82 Å². The number of rotatable bonds is 4. The Bertz CT molecular complexity index is 432. The zero-order valence-electron chi connectivity index (χ0n) is 12.5. The van der Waals surface area contributed by atoms with Gasteiger partial charge in [-0.25, -0.2) is 4.98 Å². The normalized spacial score (nSPS) is 23.7. The Balaban J connectivity index is 1.73. The highest BCUT2D eigenvalue weighted by molar-refractivity contribution is 5.44. The van der Waals surface area contributed by atoms with Crippen molar-refractivity contribution in [2.45, 2.75) is 45.2 Å². The minimum atomic E-state index is 0.603. The fourth-order valence-corrected chi connectivity index (χ4v) is 3.45. The summed E-state index contributed by atoms with van der Waals surface area (Å²) in [6.45, 7) is 7.59. The van der Waals surface area contributed by atoms with Gasteiger partial charge in [-0.2, -0.15) is 0 Å². The van der Waals surface area contributed by atoms with Gasteiger partial charge in [0, 0.05) is 31.4 Å². The van der Waals surface area contributed by atoms with Crippen LogP contribution in [0, 0.1) is 0 Å². The fraction of sp³-hybridized carbons (Fsp3) is 0.688. The van der Waals surface area contributed by atoms with Gasteiger partial charge in [0.1, 0.15) is 5.82 Å². The molecular weight excluding hydrogens is 248 g/mol. The highest BCUT2D eigenvalue weighted by Crippen LogP contribution is 2.25. The molecule has 0 saturated carbocycles. The van der Waals surface area contributed by atoms with Crippen LogP contribution in [-0.4, -0.2) is 42.1 Å². The average molecular weight is 274 g/mol. The number of hydrogen-bond acceptors (Lipinski definition) is 4. The van der Waals surface area contributed by atoms with Crippen molar-refractivity contribution in [2.24, 2.45) is 5.73 Å². The molecule has 2 saturated heterocycles. The smallest absolute Gasteiger partial charge is 0.129 e. The zero-order chi connectivity index (χ0) is 13.9. The second-order valence-corrected chi connectivity index (χ2v) is 6.01. The summed E-state index contributed by atoms with van der Waals surface area (Å²) >= 11 is 0. The second-order valence-electron chi connectivity index (χ2n) is 6.01. The van der Waals surface area contributed by atoms with Crippen LogP contribution in [-0.2, 0) is 13.0 Å². The second kappa shape index (κ2) is 6.10. The lowest BCUT2D eigenvalue weighted by molar-refractivity contribution is 0.260. The molecule has 110 valence electrons. The molecule has 3 rings (SSSR count). The van der Waals surface area contributed by atoms with E-state index in [9.17, 15) is 0 Å². The Morgan fingerprint density at radius 1 is 1.25 bits per heavy atom. The molecule has 4 nitrogen and oxygen atoms in total. The van der Waals surface area contributed by atoms with E-state index >= 15 is 0 Å². The van der Waals surface area contributed by atoms with Crippen molar-refractivity contribution < 1.29 is 0 Å². The van der Waals surface area contributed by atoms with Gasteiger partial charge in [0.05, 0.1) is 0 Å². The number of nitrogens with zero attached hydrogens (tertiary/aromatic N) is 3. The summed E-state index contributed by atoms with van der Waals surface area (Å²) in [4.78, 5) is 9.90. The third-order valence-electron chi connectivity index (χ3n) is 4.67. The highest BCUT2D eigenvalue weighted by Gasteiger charge is 2.29. The van der Waals surface area contributed by atoms with E-state index in [4.69, 9.17) is 10.7 Å². The Morgan fingerprint density at radius 2 is 2.05 bits per heavy atom. The summed E-state index contributed by atoms with van der Waals surface area (Å²) in [6.07, 6.45) is 5.00. The largest absolute Gasteiger partial charge is 0.355 e. The first kappa shape index (κ1) is 13.8. The molecule has 3 heterocycles. The first-order valence-electron chi connectivity index (χ1n) is 7.99. The predicted molar refractivity (Wildman–Crippen MR) is 82.9 cm³/mol. The SMILES string of the molecule is CCc1cc(CN)cc(N2CCC(N3CCCC3)C2)n1. The van der Waals surface area contributed by atoms with E-state index in [1.165, 1.54) is 37.9 Å². The van der Waals surface area contributed by atoms with Crippen LogP contribution in [0.5, 0.6) is 0 Å². The number of likely N-dealkylation sites (tertiary alicyclic amines) is 1. The molecule has 1 unspecified atom stereocenters. The molecule has 0 spiro atoms. The molecule has 2 fully saturated rings. The maximum absolute atomic E-state index is 5.81. The lowest BCUT2D eigenvalue weighted by atomic mass is 10.2. The molecule has 0 radical (unpaired) electrons. The van der Waals surface area contributed by atoms with Crippen LogP contribution in [0.2, 0.25) is 0 Å². The van der Waals surface area contributed by atoms with Gasteiger partial charge in [0.2, 0.25) is 0 Å². The number of aromatic nitrogens is 1. The van der Waals surface area contributed by atoms with Crippen LogP contribution in [0.1, 0.15) is 37.4 Å². The number of anilines is 1. The number of hydrogen-bond donors (Lipinski definition) is 1. The molecule has 0 amide bonds. The molecule has 2 aliphatic heterocycles. The fourth-order valence-electron chi connectivity index (χ4n) is 3.45. The first-order chi connectivity index (χ1) is 9.80. The number of aryl methyl sites for hydroxylation is 1. The van der Waals surface area contributed by atoms with Crippen molar-refractivity contribution in [3.8, 4) is 0 Å². The molecular formula is C16H26N4. The Kier molecular flexibility index (Phi) is 4.22. The third kappa shape index (κ3) is 2.81. The number of nitrogens with two attached hydrogens (primary N) is 1. The summed E-state index contributed by atoms with van der Waals surface area (Å²) in [5.74, 6) is 1.13. The minimum Gasteiger partial charge on any atom is -0.355 e. The lowest BCUT2D eigenvalue weighted by Gasteiger charge is -2.24. The van der Waals surface area contributed by atoms with Gasteiger partial charge in [-0.05, 0) is 56.5 Å². The molecule has 2 aliphatic rings. The van der Waals surface area contributed by atoms with Gasteiger partial charge in [-0.3, -0.25) is 4.90 Å². The van der Waals surface area contributed by atoms with Crippen molar-refractivity contribution in [3.63, 3.8) is 0 Å². The van der Waals surface area contributed by atoms with Crippen LogP contribution in [0.3, 0.4) is 0 Å². The predicted octanol–water partition coefficient (Wildman–Crippen LogP) is 1.78. The van der Waals surface area contributed by atoms with Crippen LogP contribution < -0.4 is 10.6 Å². The Hall–Kier alpha value is -1.13. The van der Waals surface area contributed by atoms with E-state index in [0.717, 1.165) is 37.1 Å². The summed E-state index contributed by atoms with van der Waals surface area (Å²) in [5, 5.41) is 0. The average Bonchev–Trinajstić information content (AvgIpc) is 3.17. The molecule has 0 bridgehead atoms. The van der Waals surface area contributed by atoms with E-state index in [1.54, 1.807) is 0 Å². The van der Waals surface area contributed by atoms with Crippen LogP contribution in [0.25, 0.3) is 0 Å². The molecule has 4 heteroatoms. The molecule has 2 N–H and O–H groups in total. The van der Waals surface area contributed by atoms with E-state index in [0.29, 0.717) is 6.54 Å². The van der Waals surface area contributed by atoms with Crippen molar-refractivity contribution in [1.82, 2.24) is 9.88 Å². The maximum atomic E-state index is 5.81. The van der Waals surface area contributed by atoms with Crippen molar-refractivity contribution in [2.75, 3.05) is 31.1 Å². The molecule has 1 atom stereocenters. The van der Waals surface area contributed by atoms with E-state index < -0.39 is 0 Å². The quantitative estimate of drug-likeness (QED) is 0.909. The summed E-state index contributed by atoms with van der Waals surface area (Å²) in [7, 11) is 0. The monoisotopic (exact) mass is 274 g/mol. The van der Waals surface area contributed by atoms with Gasteiger partial charge < -0.3 is 10.6 Å². The van der Waals surface area contributed by atoms with Gasteiger partial charge >= 0.3 is 0 Å². The molecule has 1 aromatic heterocycles. The standard InChI is InChI=1S/C16H26N4/c1-2-14-9-13(11-17)10-16(18-14)20-8-5-15(12-20)19-6-3-4-7-19/h9-10,15H,2-8,11-12,17H2,1H3. The van der Waals surface area contributed by atoms with Crippen LogP contribution >= 0.6 is 0 Å². The van der Waals surface area contributed by atoms with Crippen molar-refractivity contribution in [1.29, 1.82) is 0 Å². The maximum Gasteiger partial charge on any atom is 0.129 e. The zero-order valence-corrected chi connectivity index (χ0v) is 12.5. The van der Waals surface area contributed by atoms with Gasteiger partial charge in [0.25, 0.3) is 0 Å². The van der Waals surface area contributed by atoms with E-state index in [1.807, 2.05) is 0 Å². The third-order valence-corrected chi connectivity index (χ3v) is 4.67. The van der Waals surface area contributed by atoms with Crippen molar-refractivity contribution >= 4 is 5.82 Å². The summed E-state index contributed by atoms with van der Waals surface area (Å²) in [5.41, 5.74) is 8.18. The van der Waals surface area contributed by atoms with Gasteiger partial charge in [-0.1, -0.05) is 6.92 Å². The van der Waals surface area contributed by atoms with Gasteiger partial charge in [-0.15, -0.1) is 0 Å².